The molecule has 1 heterocycles. The summed E-state index contributed by atoms with van der Waals surface area (Å²) in [7, 11) is 0. The smallest absolute Gasteiger partial charge is 0.234 e. The van der Waals surface area contributed by atoms with E-state index >= 15 is 0 Å². The quantitative estimate of drug-likeness (QED) is 0.732. The first kappa shape index (κ1) is 9.22. The summed E-state index contributed by atoms with van der Waals surface area (Å²) in [5, 5.41) is 4.76. The average molecular weight is 184 g/mol. The minimum Gasteiger partial charge on any atom is -0.348 e. The second-order valence-electron chi connectivity index (χ2n) is 2.51. The van der Waals surface area contributed by atoms with E-state index in [0.717, 1.165) is 4.88 Å². The van der Waals surface area contributed by atoms with Gasteiger partial charge in [0.15, 0.2) is 0 Å². The molecule has 0 aliphatic carbocycles. The number of hydrogen-bond donors (Lipinski definition) is 2. The Hall–Kier alpha value is -0.870. The van der Waals surface area contributed by atoms with Gasteiger partial charge in [-0.2, -0.15) is 0 Å². The van der Waals surface area contributed by atoms with Crippen LogP contribution in [-0.4, -0.2) is 12.5 Å². The van der Waals surface area contributed by atoms with Crippen LogP contribution in [0.4, 0.5) is 0 Å². The predicted octanol–water partition coefficient (Wildman–Crippen LogP) is 0.884. The SMILES string of the molecule is CC(NC(=O)CN)c1cccs1. The summed E-state index contributed by atoms with van der Waals surface area (Å²) in [6.07, 6.45) is 0. The zero-order valence-electron chi connectivity index (χ0n) is 6.91. The number of hydrogen-bond acceptors (Lipinski definition) is 3. The van der Waals surface area contributed by atoms with E-state index in [1.165, 1.54) is 0 Å². The molecular weight excluding hydrogens is 172 g/mol. The van der Waals surface area contributed by atoms with E-state index < -0.39 is 0 Å². The lowest BCUT2D eigenvalue weighted by Crippen LogP contribution is -2.31. The van der Waals surface area contributed by atoms with Crippen molar-refractivity contribution >= 4 is 17.2 Å². The van der Waals surface area contributed by atoms with Gasteiger partial charge in [0, 0.05) is 4.88 Å². The molecule has 0 saturated heterocycles. The molecule has 4 heteroatoms. The molecule has 0 aliphatic heterocycles. The van der Waals surface area contributed by atoms with Crippen molar-refractivity contribution in [1.29, 1.82) is 0 Å². The maximum Gasteiger partial charge on any atom is 0.234 e. The normalized spacial score (nSPS) is 12.5. The fourth-order valence-electron chi connectivity index (χ4n) is 0.909. The van der Waals surface area contributed by atoms with Crippen molar-refractivity contribution in [3.63, 3.8) is 0 Å². The first-order chi connectivity index (χ1) is 5.74. The Morgan fingerprint density at radius 3 is 3.08 bits per heavy atom. The summed E-state index contributed by atoms with van der Waals surface area (Å²) in [6, 6.07) is 4.03. The lowest BCUT2D eigenvalue weighted by atomic mass is 10.3. The topological polar surface area (TPSA) is 55.1 Å². The monoisotopic (exact) mass is 184 g/mol. The highest BCUT2D eigenvalue weighted by Gasteiger charge is 2.07. The Morgan fingerprint density at radius 1 is 1.83 bits per heavy atom. The van der Waals surface area contributed by atoms with Gasteiger partial charge in [-0.15, -0.1) is 11.3 Å². The molecule has 0 aliphatic rings. The molecule has 1 unspecified atom stereocenters. The third-order valence-corrected chi connectivity index (χ3v) is 2.59. The van der Waals surface area contributed by atoms with Gasteiger partial charge in [0.1, 0.15) is 0 Å². The van der Waals surface area contributed by atoms with Crippen LogP contribution in [0.5, 0.6) is 0 Å². The van der Waals surface area contributed by atoms with Gasteiger partial charge in [0.2, 0.25) is 5.91 Å². The molecule has 0 saturated carbocycles. The summed E-state index contributed by atoms with van der Waals surface area (Å²) in [5.41, 5.74) is 5.17. The van der Waals surface area contributed by atoms with Crippen molar-refractivity contribution in [3.05, 3.63) is 22.4 Å². The van der Waals surface area contributed by atoms with E-state index in [1.807, 2.05) is 24.4 Å². The van der Waals surface area contributed by atoms with Crippen LogP contribution in [0.15, 0.2) is 17.5 Å². The van der Waals surface area contributed by atoms with Crippen LogP contribution < -0.4 is 11.1 Å². The summed E-state index contributed by atoms with van der Waals surface area (Å²) in [6.45, 7) is 2.00. The number of nitrogens with one attached hydrogen (secondary N) is 1. The fraction of sp³-hybridized carbons (Fsp3) is 0.375. The summed E-state index contributed by atoms with van der Waals surface area (Å²) < 4.78 is 0. The highest BCUT2D eigenvalue weighted by atomic mass is 32.1. The Balaban J connectivity index is 2.49. The average Bonchev–Trinajstić information content (AvgIpc) is 2.56. The summed E-state index contributed by atoms with van der Waals surface area (Å²) in [5.74, 6) is -0.115. The molecule has 0 bridgehead atoms. The molecule has 1 atom stereocenters. The van der Waals surface area contributed by atoms with Crippen LogP contribution in [0.2, 0.25) is 0 Å². The van der Waals surface area contributed by atoms with Crippen LogP contribution in [0.25, 0.3) is 0 Å². The van der Waals surface area contributed by atoms with Crippen molar-refractivity contribution in [2.45, 2.75) is 13.0 Å². The molecule has 3 nitrogen and oxygen atoms in total. The van der Waals surface area contributed by atoms with Crippen LogP contribution in [-0.2, 0) is 4.79 Å². The van der Waals surface area contributed by atoms with Gasteiger partial charge in [-0.05, 0) is 18.4 Å². The zero-order chi connectivity index (χ0) is 8.97. The van der Waals surface area contributed by atoms with Crippen molar-refractivity contribution in [3.8, 4) is 0 Å². The molecule has 0 spiro atoms. The second-order valence-corrected chi connectivity index (χ2v) is 3.49. The minimum atomic E-state index is -0.115. The lowest BCUT2D eigenvalue weighted by molar-refractivity contribution is -0.120. The number of thiophene rings is 1. The second kappa shape index (κ2) is 4.23. The molecule has 0 radical (unpaired) electrons. The number of carbonyl (C=O) groups excluding carboxylic acids is 1. The van der Waals surface area contributed by atoms with Crippen LogP contribution in [0.1, 0.15) is 17.8 Å². The number of nitrogens with two attached hydrogens (primary N) is 1. The van der Waals surface area contributed by atoms with Gasteiger partial charge in [0.05, 0.1) is 12.6 Å². The lowest BCUT2D eigenvalue weighted by Gasteiger charge is -2.10. The third kappa shape index (κ3) is 2.32. The number of carbonyl (C=O) groups is 1. The molecule has 1 rings (SSSR count). The first-order valence-electron chi connectivity index (χ1n) is 3.77. The zero-order valence-corrected chi connectivity index (χ0v) is 7.73. The fourth-order valence-corrected chi connectivity index (χ4v) is 1.64. The van der Waals surface area contributed by atoms with E-state index in [-0.39, 0.29) is 18.5 Å². The minimum absolute atomic E-state index is 0.0513. The van der Waals surface area contributed by atoms with Crippen LogP contribution >= 0.6 is 11.3 Å². The van der Waals surface area contributed by atoms with Crippen molar-refractivity contribution < 1.29 is 4.79 Å². The molecule has 3 N–H and O–H groups in total. The summed E-state index contributed by atoms with van der Waals surface area (Å²) in [4.78, 5) is 12.0. The predicted molar refractivity (Wildman–Crippen MR) is 49.9 cm³/mol. The molecular formula is C8H12N2OS. The van der Waals surface area contributed by atoms with Gasteiger partial charge in [0.25, 0.3) is 0 Å². The molecule has 1 amide bonds. The Morgan fingerprint density at radius 2 is 2.58 bits per heavy atom. The number of amides is 1. The largest absolute Gasteiger partial charge is 0.348 e. The van der Waals surface area contributed by atoms with Crippen LogP contribution in [0, 0.1) is 0 Å². The molecule has 12 heavy (non-hydrogen) atoms. The van der Waals surface area contributed by atoms with E-state index in [1.54, 1.807) is 11.3 Å². The third-order valence-electron chi connectivity index (χ3n) is 1.53. The van der Waals surface area contributed by atoms with E-state index in [2.05, 4.69) is 5.32 Å². The van der Waals surface area contributed by atoms with Crippen molar-refractivity contribution in [1.82, 2.24) is 5.32 Å². The molecule has 1 aromatic rings. The Bertz CT molecular complexity index is 246. The van der Waals surface area contributed by atoms with Gasteiger partial charge < -0.3 is 11.1 Å². The first-order valence-corrected chi connectivity index (χ1v) is 4.65. The van der Waals surface area contributed by atoms with E-state index in [4.69, 9.17) is 5.73 Å². The van der Waals surface area contributed by atoms with E-state index in [0.29, 0.717) is 0 Å². The molecule has 66 valence electrons. The summed E-state index contributed by atoms with van der Waals surface area (Å²) >= 11 is 1.63. The van der Waals surface area contributed by atoms with Gasteiger partial charge in [-0.25, -0.2) is 0 Å². The molecule has 1 aromatic heterocycles. The van der Waals surface area contributed by atoms with Gasteiger partial charge >= 0.3 is 0 Å². The Kier molecular flexibility index (Phi) is 3.25. The Labute approximate surface area is 75.6 Å². The number of rotatable bonds is 3. The molecule has 0 aromatic carbocycles. The highest BCUT2D eigenvalue weighted by Crippen LogP contribution is 2.17. The van der Waals surface area contributed by atoms with Crippen molar-refractivity contribution in [2.75, 3.05) is 6.54 Å². The van der Waals surface area contributed by atoms with Gasteiger partial charge in [-0.1, -0.05) is 6.07 Å². The maximum absolute atomic E-state index is 10.9. The highest BCUT2D eigenvalue weighted by molar-refractivity contribution is 7.10. The standard InChI is InChI=1S/C8H12N2OS/c1-6(10-8(11)5-9)7-3-2-4-12-7/h2-4,6H,5,9H2,1H3,(H,10,11). The van der Waals surface area contributed by atoms with Gasteiger partial charge in [-0.3, -0.25) is 4.79 Å². The van der Waals surface area contributed by atoms with Crippen molar-refractivity contribution in [2.24, 2.45) is 5.73 Å². The maximum atomic E-state index is 10.9. The van der Waals surface area contributed by atoms with Crippen LogP contribution in [0.3, 0.4) is 0 Å². The van der Waals surface area contributed by atoms with E-state index in [9.17, 15) is 4.79 Å². The molecule has 0 fully saturated rings.